The molecule has 2 atom stereocenters. The highest BCUT2D eigenvalue weighted by Crippen LogP contribution is 2.41. The molecular weight excluding hydrogens is 394 g/mol. The number of imide groups is 1. The number of fused-ring (bicyclic) bond motifs is 2. The van der Waals surface area contributed by atoms with E-state index in [1.54, 1.807) is 31.2 Å². The number of benzene rings is 2. The molecule has 9 heteroatoms. The van der Waals surface area contributed by atoms with Crippen molar-refractivity contribution in [3.8, 4) is 0 Å². The van der Waals surface area contributed by atoms with Crippen LogP contribution in [0.25, 0.3) is 0 Å². The first kappa shape index (κ1) is 19.1. The van der Waals surface area contributed by atoms with Crippen molar-refractivity contribution in [1.82, 2.24) is 4.90 Å². The predicted octanol–water partition coefficient (Wildman–Crippen LogP) is 1.47. The molecule has 29 heavy (non-hydrogen) atoms. The van der Waals surface area contributed by atoms with E-state index < -0.39 is 39.7 Å². The lowest BCUT2D eigenvalue weighted by atomic mass is 9.87. The zero-order valence-corrected chi connectivity index (χ0v) is 16.6. The molecule has 2 aliphatic rings. The lowest BCUT2D eigenvalue weighted by molar-refractivity contribution is -0.119. The Bertz CT molecular complexity index is 1170. The molecule has 0 aromatic heterocycles. The van der Waals surface area contributed by atoms with E-state index in [1.807, 2.05) is 0 Å². The van der Waals surface area contributed by atoms with Crippen LogP contribution in [0.1, 0.15) is 45.5 Å². The van der Waals surface area contributed by atoms with Gasteiger partial charge in [0.25, 0.3) is 21.8 Å². The smallest absolute Gasteiger partial charge is 0.264 e. The fourth-order valence-electron chi connectivity index (χ4n) is 4.03. The van der Waals surface area contributed by atoms with Gasteiger partial charge in [-0.15, -0.1) is 0 Å². The van der Waals surface area contributed by atoms with Gasteiger partial charge in [0.15, 0.2) is 0 Å². The molecule has 0 spiro atoms. The minimum Gasteiger partial charge on any atom is -0.369 e. The highest BCUT2D eigenvalue weighted by Gasteiger charge is 2.41. The van der Waals surface area contributed by atoms with Crippen molar-refractivity contribution in [2.45, 2.75) is 30.2 Å². The van der Waals surface area contributed by atoms with Crippen LogP contribution < -0.4 is 10.0 Å². The van der Waals surface area contributed by atoms with Crippen LogP contribution in [0.15, 0.2) is 47.4 Å². The summed E-state index contributed by atoms with van der Waals surface area (Å²) in [4.78, 5) is 37.1. The summed E-state index contributed by atoms with van der Waals surface area (Å²) >= 11 is 0. The van der Waals surface area contributed by atoms with E-state index in [0.29, 0.717) is 11.3 Å². The molecule has 0 unspecified atom stereocenters. The number of carbonyl (C=O) groups is 3. The van der Waals surface area contributed by atoms with Crippen molar-refractivity contribution >= 4 is 33.4 Å². The second-order valence-corrected chi connectivity index (χ2v) is 9.09. The largest absolute Gasteiger partial charge is 0.369 e. The molecule has 0 fully saturated rings. The number of hydrogen-bond acceptors (Lipinski definition) is 5. The maximum atomic E-state index is 13.5. The molecule has 2 aliphatic heterocycles. The standard InChI is InChI=1S/C20H19N3O5S/c1-11-9-15(18(21)24)13-5-3-4-6-17(13)23(11)29(27,28)12-7-8-14-16(10-12)20(26)22(2)19(14)25/h3-8,10-11,15H,9H2,1-2H3,(H2,21,24)/t11-,15-/m0/s1. The zero-order chi connectivity index (χ0) is 21.1. The monoisotopic (exact) mass is 413 g/mol. The fourth-order valence-corrected chi connectivity index (χ4v) is 5.75. The lowest BCUT2D eigenvalue weighted by Crippen LogP contribution is -2.45. The first-order chi connectivity index (χ1) is 13.6. The normalized spacial score (nSPS) is 21.2. The van der Waals surface area contributed by atoms with Gasteiger partial charge in [0.1, 0.15) is 0 Å². The summed E-state index contributed by atoms with van der Waals surface area (Å²) in [6.45, 7) is 1.71. The Balaban J connectivity index is 1.85. The number of nitrogens with zero attached hydrogens (tertiary/aromatic N) is 2. The summed E-state index contributed by atoms with van der Waals surface area (Å²) in [6, 6.07) is 10.1. The molecule has 150 valence electrons. The number of nitrogens with two attached hydrogens (primary N) is 1. The average molecular weight is 413 g/mol. The van der Waals surface area contributed by atoms with Gasteiger partial charge in [-0.3, -0.25) is 23.6 Å². The third kappa shape index (κ3) is 2.72. The van der Waals surface area contributed by atoms with Crippen LogP contribution in [0.2, 0.25) is 0 Å². The van der Waals surface area contributed by atoms with E-state index in [0.717, 1.165) is 4.90 Å². The number of rotatable bonds is 3. The first-order valence-corrected chi connectivity index (χ1v) is 10.5. The molecular formula is C20H19N3O5S. The Hall–Kier alpha value is -3.20. The summed E-state index contributed by atoms with van der Waals surface area (Å²) < 4.78 is 28.3. The van der Waals surface area contributed by atoms with Gasteiger partial charge in [0.05, 0.1) is 27.6 Å². The maximum absolute atomic E-state index is 13.5. The fraction of sp³-hybridized carbons (Fsp3) is 0.250. The van der Waals surface area contributed by atoms with Crippen molar-refractivity contribution < 1.29 is 22.8 Å². The van der Waals surface area contributed by atoms with Crippen molar-refractivity contribution in [2.24, 2.45) is 5.73 Å². The van der Waals surface area contributed by atoms with E-state index in [9.17, 15) is 22.8 Å². The minimum atomic E-state index is -4.05. The second-order valence-electron chi connectivity index (χ2n) is 7.28. The molecule has 0 saturated carbocycles. The molecule has 8 nitrogen and oxygen atoms in total. The Morgan fingerprint density at radius 1 is 1.07 bits per heavy atom. The number of amides is 3. The quantitative estimate of drug-likeness (QED) is 0.765. The number of para-hydroxylation sites is 1. The van der Waals surface area contributed by atoms with Gasteiger partial charge >= 0.3 is 0 Å². The van der Waals surface area contributed by atoms with Crippen molar-refractivity contribution in [1.29, 1.82) is 0 Å². The molecule has 2 N–H and O–H groups in total. The first-order valence-electron chi connectivity index (χ1n) is 9.03. The van der Waals surface area contributed by atoms with Gasteiger partial charge in [0, 0.05) is 13.1 Å². The van der Waals surface area contributed by atoms with Crippen LogP contribution in [0.3, 0.4) is 0 Å². The predicted molar refractivity (Wildman–Crippen MR) is 105 cm³/mol. The van der Waals surface area contributed by atoms with Crippen LogP contribution in [-0.2, 0) is 14.8 Å². The Kier molecular flexibility index (Phi) is 4.23. The third-order valence-electron chi connectivity index (χ3n) is 5.49. The number of anilines is 1. The topological polar surface area (TPSA) is 118 Å². The highest BCUT2D eigenvalue weighted by molar-refractivity contribution is 7.92. The number of hydrogen-bond donors (Lipinski definition) is 1. The molecule has 0 saturated heterocycles. The molecule has 0 radical (unpaired) electrons. The van der Waals surface area contributed by atoms with E-state index in [1.165, 1.54) is 29.6 Å². The lowest BCUT2D eigenvalue weighted by Gasteiger charge is -2.38. The van der Waals surface area contributed by atoms with Gasteiger partial charge in [-0.05, 0) is 43.2 Å². The summed E-state index contributed by atoms with van der Waals surface area (Å²) in [6.07, 6.45) is 0.247. The van der Waals surface area contributed by atoms with Crippen molar-refractivity contribution in [3.63, 3.8) is 0 Å². The van der Waals surface area contributed by atoms with Crippen LogP contribution in [-0.4, -0.2) is 44.1 Å². The number of primary amides is 1. The van der Waals surface area contributed by atoms with Crippen molar-refractivity contribution in [2.75, 3.05) is 11.4 Å². The number of carbonyl (C=O) groups excluding carboxylic acids is 3. The second kappa shape index (κ2) is 6.41. The SMILES string of the molecule is C[C@H]1C[C@H](C(N)=O)c2ccccc2N1S(=O)(=O)c1ccc2c(c1)C(=O)N(C)C2=O. The maximum Gasteiger partial charge on any atom is 0.264 e. The Morgan fingerprint density at radius 3 is 2.41 bits per heavy atom. The number of sulfonamides is 1. The minimum absolute atomic E-state index is 0.0616. The van der Waals surface area contributed by atoms with Gasteiger partial charge in [-0.25, -0.2) is 8.42 Å². The molecule has 2 heterocycles. The third-order valence-corrected chi connectivity index (χ3v) is 7.41. The summed E-state index contributed by atoms with van der Waals surface area (Å²) in [7, 11) is -2.70. The van der Waals surface area contributed by atoms with E-state index >= 15 is 0 Å². The summed E-state index contributed by atoms with van der Waals surface area (Å²) in [5, 5.41) is 0. The van der Waals surface area contributed by atoms with E-state index in [-0.39, 0.29) is 22.4 Å². The molecule has 2 aromatic carbocycles. The molecule has 0 bridgehead atoms. The Labute approximate surface area is 168 Å². The van der Waals surface area contributed by atoms with Crippen LogP contribution in [0.5, 0.6) is 0 Å². The van der Waals surface area contributed by atoms with E-state index in [2.05, 4.69) is 0 Å². The van der Waals surface area contributed by atoms with Crippen LogP contribution in [0.4, 0.5) is 5.69 Å². The molecule has 3 amide bonds. The molecule has 0 aliphatic carbocycles. The van der Waals surface area contributed by atoms with E-state index in [4.69, 9.17) is 5.73 Å². The Morgan fingerprint density at radius 2 is 1.72 bits per heavy atom. The average Bonchev–Trinajstić information content (AvgIpc) is 2.90. The highest BCUT2D eigenvalue weighted by atomic mass is 32.2. The van der Waals surface area contributed by atoms with Gasteiger partial charge in [0.2, 0.25) is 5.91 Å². The summed E-state index contributed by atoms with van der Waals surface area (Å²) in [5.41, 5.74) is 6.71. The van der Waals surface area contributed by atoms with Gasteiger partial charge < -0.3 is 5.73 Å². The summed E-state index contributed by atoms with van der Waals surface area (Å²) in [5.74, 6) is -2.09. The molecule has 2 aromatic rings. The van der Waals surface area contributed by atoms with Gasteiger partial charge in [-0.2, -0.15) is 0 Å². The van der Waals surface area contributed by atoms with Crippen LogP contribution in [0, 0.1) is 0 Å². The van der Waals surface area contributed by atoms with Crippen molar-refractivity contribution in [3.05, 3.63) is 59.2 Å². The zero-order valence-electron chi connectivity index (χ0n) is 15.8. The van der Waals surface area contributed by atoms with Gasteiger partial charge in [-0.1, -0.05) is 18.2 Å². The molecule has 4 rings (SSSR count). The van der Waals surface area contributed by atoms with Crippen LogP contribution >= 0.6 is 0 Å².